The smallest absolute Gasteiger partial charge is 0.215 e. The quantitative estimate of drug-likeness (QED) is 0.813. The van der Waals surface area contributed by atoms with Gasteiger partial charge in [-0.25, -0.2) is 0 Å². The van der Waals surface area contributed by atoms with Crippen molar-refractivity contribution in [2.24, 2.45) is 0 Å². The molecule has 1 aromatic rings. The highest BCUT2D eigenvalue weighted by Crippen LogP contribution is 2.27. The van der Waals surface area contributed by atoms with Crippen LogP contribution in [0.15, 0.2) is 18.2 Å². The number of hydrogen-bond acceptors (Lipinski definition) is 5. The Hall–Kier alpha value is -0.940. The molecule has 2 aliphatic heterocycles. The topological polar surface area (TPSA) is 28.6 Å². The molecule has 138 valence electrons. The van der Waals surface area contributed by atoms with Gasteiger partial charge >= 0.3 is 0 Å². The summed E-state index contributed by atoms with van der Waals surface area (Å²) < 4.78 is 6.21. The molecule has 5 heteroatoms. The number of aromatic nitrogens is 1. The molecule has 0 amide bonds. The monoisotopic (exact) mass is 361 g/mol. The first-order chi connectivity index (χ1) is 12.4. The Bertz CT molecular complexity index is 543. The third-order valence-electron chi connectivity index (χ3n) is 5.81. The second-order valence-electron chi connectivity index (χ2n) is 7.61. The molecule has 3 fully saturated rings. The van der Waals surface area contributed by atoms with Crippen LogP contribution >= 0.6 is 11.8 Å². The van der Waals surface area contributed by atoms with Crippen molar-refractivity contribution in [3.63, 3.8) is 0 Å². The minimum absolute atomic E-state index is 0.327. The van der Waals surface area contributed by atoms with Crippen molar-refractivity contribution in [2.45, 2.75) is 57.1 Å². The normalized spacial score (nSPS) is 26.6. The maximum absolute atomic E-state index is 6.21. The van der Waals surface area contributed by atoms with Gasteiger partial charge < -0.3 is 9.64 Å². The zero-order valence-corrected chi connectivity index (χ0v) is 16.1. The lowest BCUT2D eigenvalue weighted by Gasteiger charge is -2.36. The molecule has 0 N–H and O–H groups in total. The Morgan fingerprint density at radius 1 is 0.960 bits per heavy atom. The fourth-order valence-electron chi connectivity index (χ4n) is 4.07. The predicted molar refractivity (Wildman–Crippen MR) is 106 cm³/mol. The number of ether oxygens (including phenoxy) is 1. The van der Waals surface area contributed by atoms with Gasteiger partial charge in [-0.05, 0) is 50.3 Å². The van der Waals surface area contributed by atoms with Crippen LogP contribution < -0.4 is 9.64 Å². The van der Waals surface area contributed by atoms with Gasteiger partial charge in [0.05, 0.1) is 0 Å². The van der Waals surface area contributed by atoms with Crippen LogP contribution in [0.3, 0.4) is 0 Å². The largest absolute Gasteiger partial charge is 0.473 e. The maximum Gasteiger partial charge on any atom is 0.215 e. The number of pyridine rings is 1. The van der Waals surface area contributed by atoms with Crippen molar-refractivity contribution < 1.29 is 4.74 Å². The van der Waals surface area contributed by atoms with Gasteiger partial charge in [-0.15, -0.1) is 0 Å². The Kier molecular flexibility index (Phi) is 6.03. The summed E-state index contributed by atoms with van der Waals surface area (Å²) in [5, 5.41) is 0. The molecule has 1 aliphatic carbocycles. The third kappa shape index (κ3) is 4.62. The van der Waals surface area contributed by atoms with Crippen molar-refractivity contribution in [2.75, 3.05) is 42.6 Å². The van der Waals surface area contributed by atoms with E-state index in [1.54, 1.807) is 0 Å². The standard InChI is InChI=1S/C20H31N3OS/c1-2-15-25-16-18(8-1)24-20-10-4-9-19(21-20)23-12-5-11-22(13-14-23)17-6-3-7-17/h4,9-10,17-18H,1-3,5-8,11-16H2. The molecule has 25 heavy (non-hydrogen) atoms. The lowest BCUT2D eigenvalue weighted by Crippen LogP contribution is -2.42. The summed E-state index contributed by atoms with van der Waals surface area (Å²) in [6, 6.07) is 7.14. The second-order valence-corrected chi connectivity index (χ2v) is 8.76. The summed E-state index contributed by atoms with van der Waals surface area (Å²) in [4.78, 5) is 10.00. The van der Waals surface area contributed by atoms with Crippen LogP contribution in [0.4, 0.5) is 5.82 Å². The number of anilines is 1. The molecule has 1 aromatic heterocycles. The molecule has 1 atom stereocenters. The van der Waals surface area contributed by atoms with E-state index < -0.39 is 0 Å². The summed E-state index contributed by atoms with van der Waals surface area (Å²) in [6.45, 7) is 4.62. The van der Waals surface area contributed by atoms with Crippen molar-refractivity contribution in [1.29, 1.82) is 0 Å². The molecule has 0 radical (unpaired) electrons. The van der Waals surface area contributed by atoms with E-state index in [1.807, 2.05) is 17.8 Å². The van der Waals surface area contributed by atoms with Crippen LogP contribution in [0, 0.1) is 0 Å². The number of nitrogens with zero attached hydrogens (tertiary/aromatic N) is 3. The molecule has 0 bridgehead atoms. The van der Waals surface area contributed by atoms with E-state index in [1.165, 1.54) is 63.8 Å². The summed E-state index contributed by atoms with van der Waals surface area (Å²) in [6.07, 6.45) is 9.56. The lowest BCUT2D eigenvalue weighted by molar-refractivity contribution is 0.136. The van der Waals surface area contributed by atoms with Crippen LogP contribution in [0.25, 0.3) is 0 Å². The van der Waals surface area contributed by atoms with Gasteiger partial charge in [-0.1, -0.05) is 12.5 Å². The number of thioether (sulfide) groups is 1. The van der Waals surface area contributed by atoms with Crippen molar-refractivity contribution in [1.82, 2.24) is 9.88 Å². The van der Waals surface area contributed by atoms with Gasteiger partial charge in [-0.2, -0.15) is 16.7 Å². The molecule has 0 aromatic carbocycles. The summed E-state index contributed by atoms with van der Waals surface area (Å²) >= 11 is 2.02. The average molecular weight is 362 g/mol. The van der Waals surface area contributed by atoms with Crippen LogP contribution in [0.2, 0.25) is 0 Å². The van der Waals surface area contributed by atoms with Gasteiger partial charge in [0.25, 0.3) is 0 Å². The van der Waals surface area contributed by atoms with Crippen molar-refractivity contribution in [3.8, 4) is 5.88 Å². The second kappa shape index (κ2) is 8.63. The SMILES string of the molecule is c1cc(OC2CCCCSC2)nc(N2CCCN(C3CCC3)CC2)c1. The molecule has 3 heterocycles. The van der Waals surface area contributed by atoms with E-state index in [-0.39, 0.29) is 0 Å². The summed E-state index contributed by atoms with van der Waals surface area (Å²) in [5.74, 6) is 4.28. The fraction of sp³-hybridized carbons (Fsp3) is 0.750. The first kappa shape index (κ1) is 17.5. The van der Waals surface area contributed by atoms with Gasteiger partial charge in [0, 0.05) is 44.0 Å². The molecule has 1 unspecified atom stereocenters. The van der Waals surface area contributed by atoms with Crippen molar-refractivity contribution in [3.05, 3.63) is 18.2 Å². The number of hydrogen-bond donors (Lipinski definition) is 0. The first-order valence-corrected chi connectivity index (χ1v) is 11.2. The molecule has 0 spiro atoms. The molecular formula is C20H31N3OS. The van der Waals surface area contributed by atoms with Gasteiger partial charge in [0.15, 0.2) is 0 Å². The molecule has 3 aliphatic rings. The van der Waals surface area contributed by atoms with Crippen molar-refractivity contribution >= 4 is 17.6 Å². The van der Waals surface area contributed by atoms with E-state index in [4.69, 9.17) is 9.72 Å². The van der Waals surface area contributed by atoms with Gasteiger partial charge in [0.2, 0.25) is 5.88 Å². The Balaban J connectivity index is 1.36. The van der Waals surface area contributed by atoms with E-state index in [0.29, 0.717) is 6.10 Å². The lowest BCUT2D eigenvalue weighted by atomic mass is 9.91. The molecule has 4 rings (SSSR count). The molecular weight excluding hydrogens is 330 g/mol. The fourth-order valence-corrected chi connectivity index (χ4v) is 5.14. The molecule has 1 saturated carbocycles. The summed E-state index contributed by atoms with van der Waals surface area (Å²) in [5.41, 5.74) is 0. The highest BCUT2D eigenvalue weighted by Gasteiger charge is 2.27. The zero-order valence-electron chi connectivity index (χ0n) is 15.2. The maximum atomic E-state index is 6.21. The van der Waals surface area contributed by atoms with Crippen LogP contribution in [0.1, 0.15) is 44.9 Å². The van der Waals surface area contributed by atoms with E-state index >= 15 is 0 Å². The van der Waals surface area contributed by atoms with E-state index in [2.05, 4.69) is 21.9 Å². The molecule has 4 nitrogen and oxygen atoms in total. The van der Waals surface area contributed by atoms with E-state index in [0.717, 1.165) is 36.6 Å². The third-order valence-corrected chi connectivity index (χ3v) is 7.00. The van der Waals surface area contributed by atoms with E-state index in [9.17, 15) is 0 Å². The predicted octanol–water partition coefficient (Wildman–Crippen LogP) is 3.81. The van der Waals surface area contributed by atoms with Crippen LogP contribution in [-0.2, 0) is 0 Å². The number of rotatable bonds is 4. The van der Waals surface area contributed by atoms with Gasteiger partial charge in [-0.3, -0.25) is 4.90 Å². The Morgan fingerprint density at radius 2 is 1.92 bits per heavy atom. The minimum atomic E-state index is 0.327. The highest BCUT2D eigenvalue weighted by molar-refractivity contribution is 7.99. The minimum Gasteiger partial charge on any atom is -0.473 e. The van der Waals surface area contributed by atoms with Gasteiger partial charge in [0.1, 0.15) is 11.9 Å². The summed E-state index contributed by atoms with van der Waals surface area (Å²) in [7, 11) is 0. The van der Waals surface area contributed by atoms with Crippen LogP contribution in [-0.4, -0.2) is 59.7 Å². The highest BCUT2D eigenvalue weighted by atomic mass is 32.2. The Morgan fingerprint density at radius 3 is 2.80 bits per heavy atom. The first-order valence-electron chi connectivity index (χ1n) is 10.1. The van der Waals surface area contributed by atoms with Crippen LogP contribution in [0.5, 0.6) is 5.88 Å². The average Bonchev–Trinajstić information content (AvgIpc) is 2.97. The Labute approximate surface area is 156 Å². The zero-order chi connectivity index (χ0) is 16.9. The molecule has 2 saturated heterocycles.